The minimum absolute atomic E-state index is 0.00615. The van der Waals surface area contributed by atoms with Crippen molar-refractivity contribution in [1.29, 1.82) is 0 Å². The number of pyridine rings is 1. The van der Waals surface area contributed by atoms with Gasteiger partial charge in [0.25, 0.3) is 0 Å². The second-order valence-electron chi connectivity index (χ2n) is 8.93. The summed E-state index contributed by atoms with van der Waals surface area (Å²) in [6, 6.07) is 22.0. The van der Waals surface area contributed by atoms with Crippen LogP contribution in [0.4, 0.5) is 0 Å². The van der Waals surface area contributed by atoms with Crippen LogP contribution in [0, 0.1) is 5.41 Å². The van der Waals surface area contributed by atoms with E-state index in [2.05, 4.69) is 22.4 Å². The molecule has 5 nitrogen and oxygen atoms in total. The van der Waals surface area contributed by atoms with Gasteiger partial charge < -0.3 is 10.2 Å². The second-order valence-corrected chi connectivity index (χ2v) is 8.93. The number of hydrogen-bond acceptors (Lipinski definition) is 3. The summed E-state index contributed by atoms with van der Waals surface area (Å²) in [5.74, 6) is -0.169. The standard InChI is InChI=1S/C28H31N3O2/c1-21(22-10-4-3-5-11-22)26(32)31-17-9-15-28(20-31,27(33)29-2)18-23-12-6-7-14-25(23)24-13-8-16-30-19-24/h3-8,10-14,16,19,21H,9,15,17-18,20H2,1-2H3,(H,29,33)/t21-,28-/m1/s1. The van der Waals surface area contributed by atoms with Gasteiger partial charge in [-0.2, -0.15) is 0 Å². The van der Waals surface area contributed by atoms with Gasteiger partial charge in [-0.3, -0.25) is 14.6 Å². The molecule has 0 aliphatic carbocycles. The molecular weight excluding hydrogens is 410 g/mol. The number of piperidine rings is 1. The molecule has 0 bridgehead atoms. The van der Waals surface area contributed by atoms with Crippen LogP contribution in [0.2, 0.25) is 0 Å². The van der Waals surface area contributed by atoms with Crippen LogP contribution >= 0.6 is 0 Å². The van der Waals surface area contributed by atoms with Gasteiger partial charge in [-0.25, -0.2) is 0 Å². The van der Waals surface area contributed by atoms with Crippen molar-refractivity contribution >= 4 is 11.8 Å². The highest BCUT2D eigenvalue weighted by atomic mass is 16.2. The molecule has 1 aliphatic rings. The summed E-state index contributed by atoms with van der Waals surface area (Å²) in [6.07, 6.45) is 5.73. The Labute approximate surface area is 195 Å². The summed E-state index contributed by atoms with van der Waals surface area (Å²) in [6.45, 7) is 3.05. The third kappa shape index (κ3) is 4.82. The number of rotatable bonds is 6. The van der Waals surface area contributed by atoms with Crippen LogP contribution in [0.3, 0.4) is 0 Å². The number of amides is 2. The minimum atomic E-state index is -0.669. The fraction of sp³-hybridized carbons (Fsp3) is 0.321. The predicted octanol–water partition coefficient (Wildman–Crippen LogP) is 4.45. The molecule has 2 aromatic carbocycles. The molecule has 1 fully saturated rings. The van der Waals surface area contributed by atoms with E-state index in [0.29, 0.717) is 19.5 Å². The van der Waals surface area contributed by atoms with Gasteiger partial charge >= 0.3 is 0 Å². The zero-order valence-electron chi connectivity index (χ0n) is 19.3. The van der Waals surface area contributed by atoms with Gasteiger partial charge in [-0.15, -0.1) is 0 Å². The molecule has 0 unspecified atom stereocenters. The molecule has 0 spiro atoms. The first kappa shape index (κ1) is 22.7. The average molecular weight is 442 g/mol. The lowest BCUT2D eigenvalue weighted by Gasteiger charge is -2.42. The molecule has 0 saturated carbocycles. The van der Waals surface area contributed by atoms with Crippen LogP contribution in [-0.2, 0) is 16.0 Å². The maximum absolute atomic E-state index is 13.4. The molecule has 2 heterocycles. The Bertz CT molecular complexity index is 1100. The van der Waals surface area contributed by atoms with E-state index in [9.17, 15) is 9.59 Å². The number of benzene rings is 2. The fourth-order valence-electron chi connectivity index (χ4n) is 5.00. The van der Waals surface area contributed by atoms with E-state index in [1.165, 1.54) is 0 Å². The molecular formula is C28H31N3O2. The van der Waals surface area contributed by atoms with Gasteiger partial charge in [0.2, 0.25) is 11.8 Å². The van der Waals surface area contributed by atoms with Crippen molar-refractivity contribution in [2.24, 2.45) is 5.41 Å². The monoisotopic (exact) mass is 441 g/mol. The Morgan fingerprint density at radius 2 is 1.82 bits per heavy atom. The van der Waals surface area contributed by atoms with E-state index in [1.807, 2.05) is 72.6 Å². The Balaban J connectivity index is 1.64. The summed E-state index contributed by atoms with van der Waals surface area (Å²) in [5.41, 5.74) is 3.54. The molecule has 2 atom stereocenters. The quantitative estimate of drug-likeness (QED) is 0.615. The Morgan fingerprint density at radius 1 is 1.06 bits per heavy atom. The van der Waals surface area contributed by atoms with E-state index in [-0.39, 0.29) is 17.7 Å². The van der Waals surface area contributed by atoms with Crippen LogP contribution in [0.5, 0.6) is 0 Å². The van der Waals surface area contributed by atoms with Crippen molar-refractivity contribution in [1.82, 2.24) is 15.2 Å². The minimum Gasteiger partial charge on any atom is -0.359 e. The van der Waals surface area contributed by atoms with Crippen LogP contribution in [0.1, 0.15) is 36.8 Å². The van der Waals surface area contributed by atoms with Crippen LogP contribution < -0.4 is 5.32 Å². The van der Waals surface area contributed by atoms with Crippen molar-refractivity contribution in [2.75, 3.05) is 20.1 Å². The summed E-state index contributed by atoms with van der Waals surface area (Å²) >= 11 is 0. The van der Waals surface area contributed by atoms with E-state index in [4.69, 9.17) is 0 Å². The van der Waals surface area contributed by atoms with E-state index >= 15 is 0 Å². The molecule has 5 heteroatoms. The number of likely N-dealkylation sites (tertiary alicyclic amines) is 1. The predicted molar refractivity (Wildman–Crippen MR) is 131 cm³/mol. The van der Waals surface area contributed by atoms with Gasteiger partial charge in [0.05, 0.1) is 11.3 Å². The van der Waals surface area contributed by atoms with Crippen molar-refractivity contribution in [3.8, 4) is 11.1 Å². The number of nitrogens with zero attached hydrogens (tertiary/aromatic N) is 2. The Hall–Kier alpha value is -3.47. The molecule has 3 aromatic rings. The smallest absolute Gasteiger partial charge is 0.229 e. The average Bonchev–Trinajstić information content (AvgIpc) is 2.88. The van der Waals surface area contributed by atoms with Gasteiger partial charge in [-0.05, 0) is 48.9 Å². The fourth-order valence-corrected chi connectivity index (χ4v) is 5.00. The maximum Gasteiger partial charge on any atom is 0.229 e. The zero-order chi connectivity index (χ0) is 23.3. The lowest BCUT2D eigenvalue weighted by atomic mass is 9.73. The highest BCUT2D eigenvalue weighted by Gasteiger charge is 2.44. The van der Waals surface area contributed by atoms with E-state index < -0.39 is 5.41 Å². The third-order valence-electron chi connectivity index (χ3n) is 6.79. The van der Waals surface area contributed by atoms with Crippen LogP contribution in [0.25, 0.3) is 11.1 Å². The first-order valence-corrected chi connectivity index (χ1v) is 11.6. The molecule has 33 heavy (non-hydrogen) atoms. The number of nitrogens with one attached hydrogen (secondary N) is 1. The third-order valence-corrected chi connectivity index (χ3v) is 6.79. The number of hydrogen-bond donors (Lipinski definition) is 1. The highest BCUT2D eigenvalue weighted by Crippen LogP contribution is 2.38. The number of carbonyl (C=O) groups is 2. The maximum atomic E-state index is 13.4. The SMILES string of the molecule is CNC(=O)[C@@]1(Cc2ccccc2-c2cccnc2)CCCN(C(=O)[C@H](C)c2ccccc2)C1. The van der Waals surface area contributed by atoms with Gasteiger partial charge in [-0.1, -0.05) is 60.7 Å². The van der Waals surface area contributed by atoms with Crippen LogP contribution in [-0.4, -0.2) is 41.8 Å². The lowest BCUT2D eigenvalue weighted by molar-refractivity contribution is -0.142. The van der Waals surface area contributed by atoms with E-state index in [1.54, 1.807) is 13.2 Å². The topological polar surface area (TPSA) is 62.3 Å². The summed E-state index contributed by atoms with van der Waals surface area (Å²) in [4.78, 5) is 32.9. The molecule has 1 aliphatic heterocycles. The van der Waals surface area contributed by atoms with Crippen molar-refractivity contribution in [2.45, 2.75) is 32.1 Å². The van der Waals surface area contributed by atoms with Gasteiger partial charge in [0.1, 0.15) is 0 Å². The molecule has 1 saturated heterocycles. The first-order chi connectivity index (χ1) is 16.0. The molecule has 1 aromatic heterocycles. The summed E-state index contributed by atoms with van der Waals surface area (Å²) in [7, 11) is 1.68. The van der Waals surface area contributed by atoms with Gasteiger partial charge in [0, 0.05) is 38.1 Å². The molecule has 4 rings (SSSR count). The van der Waals surface area contributed by atoms with Crippen LogP contribution in [0.15, 0.2) is 79.1 Å². The normalized spacial score (nSPS) is 19.0. The Morgan fingerprint density at radius 3 is 2.55 bits per heavy atom. The number of carbonyl (C=O) groups excluding carboxylic acids is 2. The highest BCUT2D eigenvalue weighted by molar-refractivity contribution is 5.87. The summed E-state index contributed by atoms with van der Waals surface area (Å²) < 4.78 is 0. The second kappa shape index (κ2) is 9.99. The molecule has 1 N–H and O–H groups in total. The molecule has 0 radical (unpaired) electrons. The number of aromatic nitrogens is 1. The van der Waals surface area contributed by atoms with Crippen molar-refractivity contribution < 1.29 is 9.59 Å². The molecule has 170 valence electrons. The Kier molecular flexibility index (Phi) is 6.87. The van der Waals surface area contributed by atoms with Gasteiger partial charge in [0.15, 0.2) is 0 Å². The summed E-state index contributed by atoms with van der Waals surface area (Å²) in [5, 5.41) is 2.89. The van der Waals surface area contributed by atoms with E-state index in [0.717, 1.165) is 35.1 Å². The molecule has 2 amide bonds. The lowest BCUT2D eigenvalue weighted by Crippen LogP contribution is -2.54. The van der Waals surface area contributed by atoms with Crippen molar-refractivity contribution in [3.05, 3.63) is 90.3 Å². The van der Waals surface area contributed by atoms with Crippen molar-refractivity contribution in [3.63, 3.8) is 0 Å². The first-order valence-electron chi connectivity index (χ1n) is 11.6. The zero-order valence-corrected chi connectivity index (χ0v) is 19.3. The largest absolute Gasteiger partial charge is 0.359 e.